The Morgan fingerprint density at radius 1 is 0.878 bits per heavy atom. The van der Waals surface area contributed by atoms with Crippen molar-refractivity contribution in [3.05, 3.63) is 72.1 Å². The van der Waals surface area contributed by atoms with Crippen LogP contribution < -0.4 is 10.1 Å². The molecule has 0 spiro atoms. The fourth-order valence-electron chi connectivity index (χ4n) is 5.30. The van der Waals surface area contributed by atoms with Crippen molar-refractivity contribution in [3.8, 4) is 5.75 Å². The molecule has 49 heavy (non-hydrogen) atoms. The molecule has 0 unspecified atom stereocenters. The van der Waals surface area contributed by atoms with Gasteiger partial charge in [0.2, 0.25) is 5.91 Å². The van der Waals surface area contributed by atoms with E-state index >= 15 is 0 Å². The molecule has 2 aromatic rings. The van der Waals surface area contributed by atoms with Crippen LogP contribution in [0.2, 0.25) is 0 Å². The number of carboxylic acid groups (broad SMARTS) is 3. The van der Waals surface area contributed by atoms with Crippen LogP contribution in [0.25, 0.3) is 0 Å². The van der Waals surface area contributed by atoms with Crippen LogP contribution >= 0.6 is 0 Å². The number of benzene rings is 1. The van der Waals surface area contributed by atoms with Crippen molar-refractivity contribution in [3.63, 3.8) is 0 Å². The minimum absolute atomic E-state index is 0.174. The number of rotatable bonds is 26. The number of ketones is 1. The van der Waals surface area contributed by atoms with Crippen LogP contribution in [-0.4, -0.2) is 66.7 Å². The summed E-state index contributed by atoms with van der Waals surface area (Å²) in [5.41, 5.74) is -1.64. The summed E-state index contributed by atoms with van der Waals surface area (Å²) < 4.78 is 5.71. The van der Waals surface area contributed by atoms with Crippen molar-refractivity contribution in [2.24, 2.45) is 5.92 Å². The molecule has 3 atom stereocenters. The van der Waals surface area contributed by atoms with Gasteiger partial charge in [0.05, 0.1) is 12.3 Å². The first-order chi connectivity index (χ1) is 23.5. The second kappa shape index (κ2) is 22.1. The number of nitrogens with one attached hydrogen (secondary N) is 1. The molecule has 5 N–H and O–H groups in total. The first-order valence-corrected chi connectivity index (χ1v) is 17.0. The number of unbranched alkanes of at least 4 members (excludes halogenated alkanes) is 8. The Labute approximate surface area is 287 Å². The zero-order chi connectivity index (χ0) is 36.1. The molecule has 2 rings (SSSR count). The van der Waals surface area contributed by atoms with Gasteiger partial charge in [-0.15, -0.1) is 0 Å². The number of pyridine rings is 1. The standard InChI is InChI=1S/C37H50N2O10/c1-2-3-4-7-10-15-29(40)16-11-8-5-6-9-12-17-31(37(48,36(46)47)24-33(41)42)34(43)39-32(35(44)45)23-27-18-20-30(21-19-27)49-26-28-14-13-22-38-25-28/h12-14,17-22,25,31-32,48H,2-11,15-16,23-24,26H2,1H3,(H,39,43)(H,41,42)(H,44,45)(H,46,47)/b17-12+/t31-,32+,37+/m1/s1. The highest BCUT2D eigenvalue weighted by molar-refractivity contribution is 5.94. The van der Waals surface area contributed by atoms with Crippen molar-refractivity contribution in [2.45, 2.75) is 115 Å². The summed E-state index contributed by atoms with van der Waals surface area (Å²) in [6.45, 7) is 2.42. The number of carbonyl (C=O) groups excluding carboxylic acids is 2. The number of nitrogens with zero attached hydrogens (tertiary/aromatic N) is 1. The molecule has 0 saturated carbocycles. The largest absolute Gasteiger partial charge is 0.489 e. The lowest BCUT2D eigenvalue weighted by Gasteiger charge is -2.29. The molecule has 12 nitrogen and oxygen atoms in total. The van der Waals surface area contributed by atoms with Gasteiger partial charge in [0, 0.05) is 37.2 Å². The molecule has 12 heteroatoms. The SMILES string of the molecule is CCCCCCCC(=O)CCCCCC/C=C/[C@H](C(=O)N[C@@H](Cc1ccc(OCc2cccnc2)cc1)C(=O)O)[C@@](O)(CC(=O)O)C(=O)O. The van der Waals surface area contributed by atoms with Gasteiger partial charge in [0.25, 0.3) is 0 Å². The highest BCUT2D eigenvalue weighted by atomic mass is 16.5. The molecule has 1 heterocycles. The number of amides is 1. The van der Waals surface area contributed by atoms with Crippen LogP contribution in [0.15, 0.2) is 60.9 Å². The third-order valence-corrected chi connectivity index (χ3v) is 8.16. The molecule has 268 valence electrons. The molecular formula is C37H50N2O10. The Kier molecular flexibility index (Phi) is 18.3. The van der Waals surface area contributed by atoms with Crippen LogP contribution in [0.3, 0.4) is 0 Å². The summed E-state index contributed by atoms with van der Waals surface area (Å²) in [6, 6.07) is 8.67. The second-order valence-corrected chi connectivity index (χ2v) is 12.3. The maximum absolute atomic E-state index is 13.4. The fourth-order valence-corrected chi connectivity index (χ4v) is 5.30. The quantitative estimate of drug-likeness (QED) is 0.0619. The zero-order valence-electron chi connectivity index (χ0n) is 28.2. The van der Waals surface area contributed by atoms with E-state index in [4.69, 9.17) is 4.74 Å². The normalized spacial score (nSPS) is 13.7. The number of allylic oxidation sites excluding steroid dienone is 1. The van der Waals surface area contributed by atoms with E-state index in [2.05, 4.69) is 17.2 Å². The predicted octanol–water partition coefficient (Wildman–Crippen LogP) is 5.51. The molecule has 0 bridgehead atoms. The monoisotopic (exact) mass is 682 g/mol. The van der Waals surface area contributed by atoms with Gasteiger partial charge >= 0.3 is 17.9 Å². The van der Waals surface area contributed by atoms with Gasteiger partial charge in [0.1, 0.15) is 24.2 Å². The molecule has 1 amide bonds. The summed E-state index contributed by atoms with van der Waals surface area (Å²) in [5.74, 6) is -7.22. The third kappa shape index (κ3) is 15.5. The average Bonchev–Trinajstić information content (AvgIpc) is 3.06. The van der Waals surface area contributed by atoms with Crippen LogP contribution in [-0.2, 0) is 37.0 Å². The van der Waals surface area contributed by atoms with Crippen molar-refractivity contribution >= 4 is 29.6 Å². The third-order valence-electron chi connectivity index (χ3n) is 8.16. The van der Waals surface area contributed by atoms with Crippen molar-refractivity contribution < 1.29 is 49.1 Å². The van der Waals surface area contributed by atoms with E-state index in [0.717, 1.165) is 56.6 Å². The zero-order valence-corrected chi connectivity index (χ0v) is 28.2. The number of aromatic nitrogens is 1. The molecule has 0 radical (unpaired) electrons. The number of aliphatic hydroxyl groups is 1. The highest BCUT2D eigenvalue weighted by Gasteiger charge is 2.49. The van der Waals surface area contributed by atoms with Crippen LogP contribution in [0, 0.1) is 5.92 Å². The molecule has 0 aliphatic rings. The van der Waals surface area contributed by atoms with E-state index in [1.54, 1.807) is 42.7 Å². The van der Waals surface area contributed by atoms with Gasteiger partial charge < -0.3 is 30.5 Å². The number of hydrogen-bond acceptors (Lipinski definition) is 8. The number of aliphatic carboxylic acids is 3. The highest BCUT2D eigenvalue weighted by Crippen LogP contribution is 2.26. The first kappa shape index (κ1) is 40.6. The molecule has 0 aliphatic heterocycles. The molecule has 0 saturated heterocycles. The lowest BCUT2D eigenvalue weighted by Crippen LogP contribution is -2.55. The minimum atomic E-state index is -3.03. The van der Waals surface area contributed by atoms with Gasteiger partial charge in [-0.2, -0.15) is 0 Å². The van der Waals surface area contributed by atoms with Crippen molar-refractivity contribution in [1.82, 2.24) is 10.3 Å². The molecule has 1 aromatic heterocycles. The van der Waals surface area contributed by atoms with Crippen molar-refractivity contribution in [2.75, 3.05) is 0 Å². The summed E-state index contributed by atoms with van der Waals surface area (Å²) in [4.78, 5) is 65.1. The fraction of sp³-hybridized carbons (Fsp3) is 0.514. The molecule has 0 fully saturated rings. The summed E-state index contributed by atoms with van der Waals surface area (Å²) in [6.07, 6.45) is 14.5. The lowest BCUT2D eigenvalue weighted by atomic mass is 9.82. The van der Waals surface area contributed by atoms with Gasteiger partial charge in [-0.25, -0.2) is 9.59 Å². The number of hydrogen-bond donors (Lipinski definition) is 5. The topological polar surface area (TPSA) is 200 Å². The number of carbonyl (C=O) groups is 5. The molecule has 0 aliphatic carbocycles. The van der Waals surface area contributed by atoms with E-state index in [1.807, 2.05) is 6.07 Å². The Balaban J connectivity index is 1.98. The summed E-state index contributed by atoms with van der Waals surface area (Å²) >= 11 is 0. The Bertz CT molecular complexity index is 1360. The van der Waals surface area contributed by atoms with Gasteiger partial charge in [-0.05, 0) is 49.4 Å². The second-order valence-electron chi connectivity index (χ2n) is 12.3. The Hall–Kier alpha value is -4.58. The maximum atomic E-state index is 13.4. The molecular weight excluding hydrogens is 632 g/mol. The van der Waals surface area contributed by atoms with E-state index < -0.39 is 47.8 Å². The van der Waals surface area contributed by atoms with E-state index in [0.29, 0.717) is 37.0 Å². The number of Topliss-reactive ketones (excluding diaryl/α,β-unsaturated/α-hetero) is 1. The van der Waals surface area contributed by atoms with Gasteiger partial charge in [0.15, 0.2) is 5.60 Å². The summed E-state index contributed by atoms with van der Waals surface area (Å²) in [5, 5.41) is 42.2. The predicted molar refractivity (Wildman–Crippen MR) is 182 cm³/mol. The molecule has 1 aromatic carbocycles. The van der Waals surface area contributed by atoms with E-state index in [1.165, 1.54) is 12.5 Å². The first-order valence-electron chi connectivity index (χ1n) is 17.0. The van der Waals surface area contributed by atoms with Gasteiger partial charge in [-0.3, -0.25) is 19.4 Å². The lowest BCUT2D eigenvalue weighted by molar-refractivity contribution is -0.172. The number of ether oxygens (including phenoxy) is 1. The van der Waals surface area contributed by atoms with E-state index in [-0.39, 0.29) is 18.8 Å². The Morgan fingerprint density at radius 3 is 2.10 bits per heavy atom. The van der Waals surface area contributed by atoms with E-state index in [9.17, 15) is 44.4 Å². The van der Waals surface area contributed by atoms with Gasteiger partial charge in [-0.1, -0.05) is 75.8 Å². The maximum Gasteiger partial charge on any atom is 0.337 e. The van der Waals surface area contributed by atoms with Crippen LogP contribution in [0.5, 0.6) is 5.75 Å². The van der Waals surface area contributed by atoms with Crippen molar-refractivity contribution in [1.29, 1.82) is 0 Å². The minimum Gasteiger partial charge on any atom is -0.489 e. The number of carboxylic acids is 3. The van der Waals surface area contributed by atoms with Crippen LogP contribution in [0.1, 0.15) is 102 Å². The smallest absolute Gasteiger partial charge is 0.337 e. The summed E-state index contributed by atoms with van der Waals surface area (Å²) in [7, 11) is 0. The Morgan fingerprint density at radius 2 is 1.53 bits per heavy atom. The van der Waals surface area contributed by atoms with Crippen LogP contribution in [0.4, 0.5) is 0 Å². The average molecular weight is 683 g/mol.